The Bertz CT molecular complexity index is 750. The van der Waals surface area contributed by atoms with Crippen molar-refractivity contribution in [2.24, 2.45) is 0 Å². The number of carbonyl (C=O) groups excluding carboxylic acids is 3. The molecule has 0 bridgehead atoms. The minimum absolute atomic E-state index is 0.0790. The van der Waals surface area contributed by atoms with Crippen molar-refractivity contribution in [3.05, 3.63) is 53.6 Å². The molecule has 0 atom stereocenters. The Morgan fingerprint density at radius 2 is 1.74 bits per heavy atom. The van der Waals surface area contributed by atoms with Gasteiger partial charge >= 0.3 is 11.9 Å². The molecule has 6 nitrogen and oxygen atoms in total. The summed E-state index contributed by atoms with van der Waals surface area (Å²) in [5.41, 5.74) is 0.248. The van der Waals surface area contributed by atoms with Crippen LogP contribution in [0, 0.1) is 0 Å². The summed E-state index contributed by atoms with van der Waals surface area (Å²) >= 11 is 0. The molecule has 6 heteroatoms. The number of carbonyl (C=O) groups is 3. The minimum atomic E-state index is -0.741. The maximum absolute atomic E-state index is 12.3. The Labute approximate surface area is 132 Å². The second-order valence-corrected chi connectivity index (χ2v) is 4.50. The van der Waals surface area contributed by atoms with Gasteiger partial charge in [0.2, 0.25) is 0 Å². The van der Waals surface area contributed by atoms with Crippen molar-refractivity contribution in [2.75, 3.05) is 7.11 Å². The van der Waals surface area contributed by atoms with Crippen molar-refractivity contribution in [2.45, 2.75) is 6.92 Å². The molecule has 23 heavy (non-hydrogen) atoms. The van der Waals surface area contributed by atoms with Crippen LogP contribution < -0.4 is 14.2 Å². The lowest BCUT2D eigenvalue weighted by Crippen LogP contribution is -2.13. The van der Waals surface area contributed by atoms with Crippen molar-refractivity contribution in [3.8, 4) is 17.2 Å². The van der Waals surface area contributed by atoms with Crippen molar-refractivity contribution in [1.82, 2.24) is 0 Å². The number of benzene rings is 2. The third-order valence-electron chi connectivity index (χ3n) is 2.91. The van der Waals surface area contributed by atoms with Gasteiger partial charge in [0.25, 0.3) is 0 Å². The van der Waals surface area contributed by atoms with Crippen LogP contribution in [0.5, 0.6) is 17.2 Å². The average molecular weight is 314 g/mol. The fourth-order valence-electron chi connectivity index (χ4n) is 1.87. The number of ether oxygens (including phenoxy) is 3. The molecule has 0 saturated carbocycles. The van der Waals surface area contributed by atoms with Crippen molar-refractivity contribution in [1.29, 1.82) is 0 Å². The molecule has 0 spiro atoms. The third kappa shape index (κ3) is 3.94. The molecule has 2 rings (SSSR count). The van der Waals surface area contributed by atoms with Crippen molar-refractivity contribution < 1.29 is 28.6 Å². The Morgan fingerprint density at radius 1 is 1.00 bits per heavy atom. The number of rotatable bonds is 5. The maximum atomic E-state index is 12.3. The smallest absolute Gasteiger partial charge is 0.347 e. The lowest BCUT2D eigenvalue weighted by atomic mass is 10.2. The quantitative estimate of drug-likeness (QED) is 0.479. The molecule has 0 unspecified atom stereocenters. The Kier molecular flexibility index (Phi) is 5.09. The summed E-state index contributed by atoms with van der Waals surface area (Å²) in [5.74, 6) is -0.653. The van der Waals surface area contributed by atoms with Gasteiger partial charge in [-0.1, -0.05) is 12.1 Å². The molecule has 2 aromatic rings. The highest BCUT2D eigenvalue weighted by Gasteiger charge is 2.17. The Balaban J connectivity index is 2.29. The molecule has 2 aromatic carbocycles. The second kappa shape index (κ2) is 7.22. The van der Waals surface area contributed by atoms with E-state index in [1.807, 2.05) is 0 Å². The molecule has 118 valence electrons. The number of methoxy groups -OCH3 is 1. The van der Waals surface area contributed by atoms with Crippen LogP contribution in [0.1, 0.15) is 27.6 Å². The Morgan fingerprint density at radius 3 is 2.39 bits per heavy atom. The molecule has 0 N–H and O–H groups in total. The van der Waals surface area contributed by atoms with Gasteiger partial charge in [-0.05, 0) is 30.3 Å². The van der Waals surface area contributed by atoms with E-state index < -0.39 is 11.9 Å². The predicted molar refractivity (Wildman–Crippen MR) is 81.1 cm³/mol. The van der Waals surface area contributed by atoms with E-state index in [0.717, 1.165) is 0 Å². The van der Waals surface area contributed by atoms with Crippen molar-refractivity contribution >= 4 is 18.2 Å². The van der Waals surface area contributed by atoms with Gasteiger partial charge in [-0.25, -0.2) is 4.79 Å². The van der Waals surface area contributed by atoms with Crippen LogP contribution in [0.2, 0.25) is 0 Å². The van der Waals surface area contributed by atoms with E-state index in [1.165, 1.54) is 38.3 Å². The number of para-hydroxylation sites is 1. The lowest BCUT2D eigenvalue weighted by molar-refractivity contribution is -0.131. The van der Waals surface area contributed by atoms with Gasteiger partial charge in [0.05, 0.1) is 12.7 Å². The van der Waals surface area contributed by atoms with E-state index in [-0.39, 0.29) is 22.6 Å². The summed E-state index contributed by atoms with van der Waals surface area (Å²) < 4.78 is 15.2. The summed E-state index contributed by atoms with van der Waals surface area (Å²) in [6, 6.07) is 10.6. The summed E-state index contributed by atoms with van der Waals surface area (Å²) in [5, 5.41) is 0. The van der Waals surface area contributed by atoms with Crippen LogP contribution in [0.3, 0.4) is 0 Å². The van der Waals surface area contributed by atoms with E-state index in [0.29, 0.717) is 12.0 Å². The second-order valence-electron chi connectivity index (χ2n) is 4.50. The van der Waals surface area contributed by atoms with Crippen LogP contribution in [0.25, 0.3) is 0 Å². The maximum Gasteiger partial charge on any atom is 0.347 e. The zero-order valence-electron chi connectivity index (χ0n) is 12.6. The molecule has 0 fully saturated rings. The van der Waals surface area contributed by atoms with Gasteiger partial charge in [0.1, 0.15) is 22.8 Å². The van der Waals surface area contributed by atoms with E-state index in [4.69, 9.17) is 14.2 Å². The van der Waals surface area contributed by atoms with Crippen LogP contribution in [0.4, 0.5) is 0 Å². The average Bonchev–Trinajstić information content (AvgIpc) is 2.55. The molecular formula is C17H14O6. The lowest BCUT2D eigenvalue weighted by Gasteiger charge is -2.10. The highest BCUT2D eigenvalue weighted by Crippen LogP contribution is 2.25. The molecule has 0 heterocycles. The summed E-state index contributed by atoms with van der Waals surface area (Å²) in [6.07, 6.45) is 0.559. The van der Waals surface area contributed by atoms with E-state index in [2.05, 4.69) is 0 Å². The molecule has 0 saturated heterocycles. The van der Waals surface area contributed by atoms with Crippen molar-refractivity contribution in [3.63, 3.8) is 0 Å². The Hall–Kier alpha value is -3.15. The fourth-order valence-corrected chi connectivity index (χ4v) is 1.87. The predicted octanol–water partition coefficient (Wildman–Crippen LogP) is 2.65. The topological polar surface area (TPSA) is 78.9 Å². The molecular weight excluding hydrogens is 300 g/mol. The fraction of sp³-hybridized carbons (Fsp3) is 0.118. The largest absolute Gasteiger partial charge is 0.497 e. The first-order valence-corrected chi connectivity index (χ1v) is 6.68. The highest BCUT2D eigenvalue weighted by molar-refractivity contribution is 5.95. The highest BCUT2D eigenvalue weighted by atomic mass is 16.5. The number of aldehydes is 1. The number of hydrogen-bond donors (Lipinski definition) is 0. The van der Waals surface area contributed by atoms with Gasteiger partial charge in [0.15, 0.2) is 6.29 Å². The molecule has 0 aliphatic carbocycles. The normalized spacial score (nSPS) is 9.83. The monoisotopic (exact) mass is 314 g/mol. The SMILES string of the molecule is COc1ccc(OC(=O)c2ccccc2OC(C)=O)c(C=O)c1. The minimum Gasteiger partial charge on any atom is -0.497 e. The first-order valence-electron chi connectivity index (χ1n) is 6.68. The third-order valence-corrected chi connectivity index (χ3v) is 2.91. The summed E-state index contributed by atoms with van der Waals surface area (Å²) in [7, 11) is 1.46. The van der Waals surface area contributed by atoms with Gasteiger partial charge in [-0.2, -0.15) is 0 Å². The van der Waals surface area contributed by atoms with Gasteiger partial charge < -0.3 is 14.2 Å². The van der Waals surface area contributed by atoms with E-state index in [9.17, 15) is 14.4 Å². The standard InChI is InChI=1S/C17H14O6/c1-11(19)22-16-6-4-3-5-14(16)17(20)23-15-8-7-13(21-2)9-12(15)10-18/h3-10H,1-2H3. The molecule has 0 amide bonds. The van der Waals surface area contributed by atoms with Crippen LogP contribution in [-0.2, 0) is 4.79 Å². The zero-order valence-corrected chi connectivity index (χ0v) is 12.6. The zero-order chi connectivity index (χ0) is 16.8. The van der Waals surface area contributed by atoms with E-state index in [1.54, 1.807) is 18.2 Å². The first-order chi connectivity index (χ1) is 11.0. The number of hydrogen-bond acceptors (Lipinski definition) is 6. The van der Waals surface area contributed by atoms with Crippen LogP contribution in [0.15, 0.2) is 42.5 Å². The molecule has 0 aliphatic rings. The first kappa shape index (κ1) is 16.2. The summed E-state index contributed by atoms with van der Waals surface area (Å²) in [4.78, 5) is 34.5. The van der Waals surface area contributed by atoms with Crippen LogP contribution >= 0.6 is 0 Å². The molecule has 0 aromatic heterocycles. The number of esters is 2. The van der Waals surface area contributed by atoms with Crippen LogP contribution in [-0.4, -0.2) is 25.3 Å². The summed E-state index contributed by atoms with van der Waals surface area (Å²) in [6.45, 7) is 1.23. The van der Waals surface area contributed by atoms with E-state index >= 15 is 0 Å². The molecule has 0 radical (unpaired) electrons. The van der Waals surface area contributed by atoms with Gasteiger partial charge in [-0.15, -0.1) is 0 Å². The van der Waals surface area contributed by atoms with Gasteiger partial charge in [0, 0.05) is 6.92 Å². The molecule has 0 aliphatic heterocycles. The van der Waals surface area contributed by atoms with Gasteiger partial charge in [-0.3, -0.25) is 9.59 Å².